The molecule has 3 heterocycles. The Morgan fingerprint density at radius 1 is 0.967 bits per heavy atom. The number of amides is 1. The second kappa shape index (κ2) is 6.73. The van der Waals surface area contributed by atoms with E-state index in [0.29, 0.717) is 18.9 Å². The topological polar surface area (TPSA) is 73.8 Å². The summed E-state index contributed by atoms with van der Waals surface area (Å²) < 4.78 is 5.30. The number of nitrogens with zero attached hydrogens (tertiary/aromatic N) is 4. The van der Waals surface area contributed by atoms with Crippen LogP contribution in [0.1, 0.15) is 19.4 Å². The summed E-state index contributed by atoms with van der Waals surface area (Å²) in [7, 11) is 0. The molecule has 30 heavy (non-hydrogen) atoms. The van der Waals surface area contributed by atoms with E-state index in [1.54, 1.807) is 13.8 Å². The van der Waals surface area contributed by atoms with Crippen LogP contribution in [0.2, 0.25) is 0 Å². The molecular formula is C23H23N5O2. The fourth-order valence-electron chi connectivity index (χ4n) is 4.37. The van der Waals surface area contributed by atoms with E-state index < -0.39 is 0 Å². The standard InChI is InChI=1S/C23H23N5O2/c1-4-26-17-10-9-15(12-18(17)27(5-2)23(26)30)20-21(16-8-6-7-14(3)11-16)25-28-13-19(29)24-22(20)28/h6-12H,4-5,13H2,1-3H3,(H,24,29). The van der Waals surface area contributed by atoms with Gasteiger partial charge in [0.1, 0.15) is 18.1 Å². The molecule has 7 nitrogen and oxygen atoms in total. The van der Waals surface area contributed by atoms with Gasteiger partial charge in [-0.05, 0) is 44.5 Å². The van der Waals surface area contributed by atoms with Crippen LogP contribution in [0.5, 0.6) is 0 Å². The zero-order valence-electron chi connectivity index (χ0n) is 17.3. The SMILES string of the molecule is CCn1c(=O)n(CC)c2cc(-c3c(-c4cccc(C)c4)nn4c3NC(=O)C4)ccc21. The Morgan fingerprint density at radius 3 is 2.47 bits per heavy atom. The molecule has 1 N–H and O–H groups in total. The molecule has 0 fully saturated rings. The Labute approximate surface area is 173 Å². The molecule has 0 atom stereocenters. The van der Waals surface area contributed by atoms with Crippen molar-refractivity contribution in [2.45, 2.75) is 40.4 Å². The normalized spacial score (nSPS) is 13.1. The van der Waals surface area contributed by atoms with Crippen molar-refractivity contribution < 1.29 is 4.79 Å². The lowest BCUT2D eigenvalue weighted by Gasteiger charge is -2.08. The van der Waals surface area contributed by atoms with Crippen LogP contribution in [0.3, 0.4) is 0 Å². The van der Waals surface area contributed by atoms with Crippen molar-refractivity contribution in [3.05, 3.63) is 58.5 Å². The van der Waals surface area contributed by atoms with E-state index in [0.717, 1.165) is 39.0 Å². The predicted molar refractivity (Wildman–Crippen MR) is 118 cm³/mol. The third-order valence-corrected chi connectivity index (χ3v) is 5.74. The third kappa shape index (κ3) is 2.62. The lowest BCUT2D eigenvalue weighted by atomic mass is 9.99. The second-order valence-electron chi connectivity index (χ2n) is 7.62. The number of aromatic nitrogens is 4. The van der Waals surface area contributed by atoms with Crippen molar-refractivity contribution in [3.63, 3.8) is 0 Å². The summed E-state index contributed by atoms with van der Waals surface area (Å²) in [6.07, 6.45) is 0. The highest BCUT2D eigenvalue weighted by atomic mass is 16.2. The number of carbonyl (C=O) groups excluding carboxylic acids is 1. The molecule has 0 saturated heterocycles. The monoisotopic (exact) mass is 401 g/mol. The largest absolute Gasteiger partial charge is 0.329 e. The van der Waals surface area contributed by atoms with Gasteiger partial charge >= 0.3 is 5.69 Å². The first-order valence-corrected chi connectivity index (χ1v) is 10.2. The minimum absolute atomic E-state index is 0.000375. The van der Waals surface area contributed by atoms with Gasteiger partial charge in [-0.2, -0.15) is 5.10 Å². The maximum Gasteiger partial charge on any atom is 0.329 e. The second-order valence-corrected chi connectivity index (χ2v) is 7.62. The van der Waals surface area contributed by atoms with Crippen LogP contribution in [-0.4, -0.2) is 24.8 Å². The third-order valence-electron chi connectivity index (χ3n) is 5.74. The minimum atomic E-state index is -0.0711. The number of aryl methyl sites for hydroxylation is 3. The first-order valence-electron chi connectivity index (χ1n) is 10.2. The van der Waals surface area contributed by atoms with Gasteiger partial charge in [-0.25, -0.2) is 9.48 Å². The van der Waals surface area contributed by atoms with Crippen molar-refractivity contribution in [1.29, 1.82) is 0 Å². The highest BCUT2D eigenvalue weighted by molar-refractivity contribution is 6.02. The fraction of sp³-hybridized carbons (Fsp3) is 0.261. The molecule has 7 heteroatoms. The van der Waals surface area contributed by atoms with E-state index in [2.05, 4.69) is 11.4 Å². The van der Waals surface area contributed by atoms with E-state index in [4.69, 9.17) is 5.10 Å². The molecule has 1 aliphatic rings. The zero-order valence-corrected chi connectivity index (χ0v) is 17.3. The number of rotatable bonds is 4. The predicted octanol–water partition coefficient (Wildman–Crippen LogP) is 3.63. The minimum Gasteiger partial charge on any atom is -0.309 e. The van der Waals surface area contributed by atoms with E-state index >= 15 is 0 Å². The van der Waals surface area contributed by atoms with E-state index in [-0.39, 0.29) is 18.1 Å². The average Bonchev–Trinajstić information content (AvgIpc) is 3.34. The maximum atomic E-state index is 12.8. The number of nitrogens with one attached hydrogen (secondary N) is 1. The van der Waals surface area contributed by atoms with Gasteiger partial charge in [-0.3, -0.25) is 13.9 Å². The highest BCUT2D eigenvalue weighted by Gasteiger charge is 2.28. The summed E-state index contributed by atoms with van der Waals surface area (Å²) in [6, 6.07) is 14.2. The van der Waals surface area contributed by atoms with Gasteiger partial charge < -0.3 is 5.32 Å². The van der Waals surface area contributed by atoms with Gasteiger partial charge in [0.15, 0.2) is 0 Å². The Balaban J connectivity index is 1.79. The molecule has 5 rings (SSSR count). The van der Waals surface area contributed by atoms with Crippen LogP contribution in [0, 0.1) is 6.92 Å². The Hall–Kier alpha value is -3.61. The molecule has 1 amide bonds. The number of carbonyl (C=O) groups is 1. The number of benzene rings is 2. The number of hydrogen-bond donors (Lipinski definition) is 1. The van der Waals surface area contributed by atoms with E-state index in [1.165, 1.54) is 0 Å². The summed E-state index contributed by atoms with van der Waals surface area (Å²) in [6.45, 7) is 7.43. The number of hydrogen-bond acceptors (Lipinski definition) is 3. The van der Waals surface area contributed by atoms with Crippen molar-refractivity contribution >= 4 is 22.8 Å². The summed E-state index contributed by atoms with van der Waals surface area (Å²) in [5.74, 6) is 0.634. The van der Waals surface area contributed by atoms with Gasteiger partial charge in [0, 0.05) is 18.7 Å². The number of fused-ring (bicyclic) bond motifs is 2. The van der Waals surface area contributed by atoms with E-state index in [1.807, 2.05) is 57.2 Å². The summed E-state index contributed by atoms with van der Waals surface area (Å²) in [4.78, 5) is 24.8. The average molecular weight is 401 g/mol. The van der Waals surface area contributed by atoms with Crippen molar-refractivity contribution in [3.8, 4) is 22.4 Å². The van der Waals surface area contributed by atoms with Gasteiger partial charge in [-0.1, -0.05) is 29.8 Å². The first kappa shape index (κ1) is 18.4. The van der Waals surface area contributed by atoms with Crippen LogP contribution in [0.4, 0.5) is 5.82 Å². The van der Waals surface area contributed by atoms with E-state index in [9.17, 15) is 9.59 Å². The van der Waals surface area contributed by atoms with Gasteiger partial charge in [0.25, 0.3) is 0 Å². The van der Waals surface area contributed by atoms with Crippen molar-refractivity contribution in [1.82, 2.24) is 18.9 Å². The van der Waals surface area contributed by atoms with Gasteiger partial charge in [0.2, 0.25) is 5.91 Å². The molecule has 0 saturated carbocycles. The molecule has 4 aromatic rings. The molecule has 0 unspecified atom stereocenters. The Bertz CT molecular complexity index is 1370. The maximum absolute atomic E-state index is 12.8. The van der Waals surface area contributed by atoms with Crippen LogP contribution in [0.25, 0.3) is 33.4 Å². The Morgan fingerprint density at radius 2 is 1.73 bits per heavy atom. The molecule has 0 bridgehead atoms. The molecule has 0 spiro atoms. The van der Waals surface area contributed by atoms with Crippen LogP contribution in [0.15, 0.2) is 47.3 Å². The molecule has 1 aliphatic heterocycles. The van der Waals surface area contributed by atoms with Crippen LogP contribution in [-0.2, 0) is 24.4 Å². The molecular weight excluding hydrogens is 378 g/mol. The van der Waals surface area contributed by atoms with Crippen LogP contribution < -0.4 is 11.0 Å². The molecule has 0 radical (unpaired) electrons. The van der Waals surface area contributed by atoms with Crippen molar-refractivity contribution in [2.24, 2.45) is 0 Å². The molecule has 0 aliphatic carbocycles. The Kier molecular flexibility index (Phi) is 4.13. The number of anilines is 1. The number of imidazole rings is 1. The molecule has 152 valence electrons. The molecule has 2 aromatic carbocycles. The molecule has 2 aromatic heterocycles. The fourth-order valence-corrected chi connectivity index (χ4v) is 4.37. The van der Waals surface area contributed by atoms with Gasteiger partial charge in [0.05, 0.1) is 16.6 Å². The quantitative estimate of drug-likeness (QED) is 0.567. The zero-order chi connectivity index (χ0) is 21.0. The van der Waals surface area contributed by atoms with Crippen molar-refractivity contribution in [2.75, 3.05) is 5.32 Å². The summed E-state index contributed by atoms with van der Waals surface area (Å²) in [5, 5.41) is 7.71. The lowest BCUT2D eigenvalue weighted by molar-refractivity contribution is -0.115. The first-order chi connectivity index (χ1) is 14.5. The van der Waals surface area contributed by atoms with Crippen LogP contribution >= 0.6 is 0 Å². The lowest BCUT2D eigenvalue weighted by Crippen LogP contribution is -2.22. The van der Waals surface area contributed by atoms with Gasteiger partial charge in [-0.15, -0.1) is 0 Å². The smallest absolute Gasteiger partial charge is 0.309 e. The summed E-state index contributed by atoms with van der Waals surface area (Å²) >= 11 is 0. The summed E-state index contributed by atoms with van der Waals surface area (Å²) in [5.41, 5.74) is 6.59. The highest BCUT2D eigenvalue weighted by Crippen LogP contribution is 2.40.